The molecule has 29 heavy (non-hydrogen) atoms. The Kier molecular flexibility index (Phi) is 4.68. The van der Waals surface area contributed by atoms with Crippen LogP contribution in [0.5, 0.6) is 0 Å². The van der Waals surface area contributed by atoms with Crippen LogP contribution in [0.15, 0.2) is 36.4 Å². The molecule has 0 unspecified atom stereocenters. The predicted molar refractivity (Wildman–Crippen MR) is 118 cm³/mol. The minimum Gasteiger partial charge on any atom is -0.345 e. The van der Waals surface area contributed by atoms with E-state index in [9.17, 15) is 0 Å². The van der Waals surface area contributed by atoms with Crippen molar-refractivity contribution in [3.63, 3.8) is 0 Å². The third-order valence-electron chi connectivity index (χ3n) is 5.75. The van der Waals surface area contributed by atoms with Gasteiger partial charge in [0.25, 0.3) is 0 Å². The van der Waals surface area contributed by atoms with Gasteiger partial charge in [-0.3, -0.25) is 0 Å². The molecule has 3 N–H and O–H groups in total. The smallest absolute Gasteiger partial charge is 0.121 e. The molecular formula is C24H27N5. The molecule has 0 saturated heterocycles. The van der Waals surface area contributed by atoms with Crippen molar-refractivity contribution in [3.05, 3.63) is 59.3 Å². The van der Waals surface area contributed by atoms with Crippen LogP contribution in [-0.4, -0.2) is 26.5 Å². The van der Waals surface area contributed by atoms with E-state index in [1.165, 1.54) is 27.9 Å². The molecule has 0 fully saturated rings. The molecule has 2 aromatic carbocycles. The first kappa shape index (κ1) is 18.1. The van der Waals surface area contributed by atoms with E-state index >= 15 is 0 Å². The summed E-state index contributed by atoms with van der Waals surface area (Å²) in [6.07, 6.45) is 4.16. The number of hydrogen-bond donors (Lipinski definition) is 3. The maximum atomic E-state index is 4.81. The van der Waals surface area contributed by atoms with Crippen LogP contribution in [0.3, 0.4) is 0 Å². The van der Waals surface area contributed by atoms with E-state index in [0.29, 0.717) is 0 Å². The zero-order valence-corrected chi connectivity index (χ0v) is 17.1. The topological polar surface area (TPSA) is 69.4 Å². The second-order valence-electron chi connectivity index (χ2n) is 7.83. The molecule has 2 aromatic heterocycles. The Morgan fingerprint density at radius 3 is 2.66 bits per heavy atom. The normalized spacial score (nSPS) is 12.9. The lowest BCUT2D eigenvalue weighted by atomic mass is 9.89. The fourth-order valence-corrected chi connectivity index (χ4v) is 4.22. The minimum atomic E-state index is 0.780. The van der Waals surface area contributed by atoms with E-state index in [0.717, 1.165) is 67.1 Å². The molecular weight excluding hydrogens is 358 g/mol. The predicted octanol–water partition coefficient (Wildman–Crippen LogP) is 4.78. The van der Waals surface area contributed by atoms with Crippen LogP contribution in [0.25, 0.3) is 33.4 Å². The molecule has 1 aliphatic rings. The Labute approximate surface area is 171 Å². The summed E-state index contributed by atoms with van der Waals surface area (Å²) in [5, 5.41) is 3.40. The highest BCUT2D eigenvalue weighted by Gasteiger charge is 2.20. The molecule has 2 heterocycles. The summed E-state index contributed by atoms with van der Waals surface area (Å²) in [6.45, 7) is 6.11. The first-order valence-electron chi connectivity index (χ1n) is 10.7. The molecule has 0 radical (unpaired) electrons. The second kappa shape index (κ2) is 7.48. The number of H-pyrrole nitrogens is 2. The standard InChI is InChI=1S/C24H27N5/c1-3-11-25-14-23-26-19-9-6-16(13-21(19)28-23)15-5-8-18-17(12-15)7-10-20-24(18)29-22(4-2)27-20/h5-6,8-9,12-13,25H,3-4,7,10-11,14H2,1-2H3,(H,26,28)(H,27,29). The van der Waals surface area contributed by atoms with Gasteiger partial charge in [-0.2, -0.15) is 0 Å². The fraction of sp³-hybridized carbons (Fsp3) is 0.333. The van der Waals surface area contributed by atoms with E-state index in [2.05, 4.69) is 65.5 Å². The van der Waals surface area contributed by atoms with Gasteiger partial charge in [-0.25, -0.2) is 9.97 Å². The van der Waals surface area contributed by atoms with Crippen molar-refractivity contribution in [2.75, 3.05) is 6.54 Å². The van der Waals surface area contributed by atoms with E-state index in [4.69, 9.17) is 9.97 Å². The number of rotatable bonds is 6. The van der Waals surface area contributed by atoms with Crippen LogP contribution in [-0.2, 0) is 25.8 Å². The second-order valence-corrected chi connectivity index (χ2v) is 7.83. The maximum absolute atomic E-state index is 4.81. The Morgan fingerprint density at radius 2 is 1.79 bits per heavy atom. The summed E-state index contributed by atoms with van der Waals surface area (Å²) in [7, 11) is 0. The van der Waals surface area contributed by atoms with Gasteiger partial charge in [0, 0.05) is 17.7 Å². The average molecular weight is 386 g/mol. The highest BCUT2D eigenvalue weighted by Crippen LogP contribution is 2.35. The van der Waals surface area contributed by atoms with Gasteiger partial charge in [0.05, 0.1) is 23.3 Å². The molecule has 148 valence electrons. The maximum Gasteiger partial charge on any atom is 0.121 e. The van der Waals surface area contributed by atoms with Crippen molar-refractivity contribution in [1.29, 1.82) is 0 Å². The monoisotopic (exact) mass is 385 g/mol. The third kappa shape index (κ3) is 3.36. The number of benzene rings is 2. The first-order valence-corrected chi connectivity index (χ1v) is 10.7. The zero-order valence-electron chi connectivity index (χ0n) is 17.1. The quantitative estimate of drug-likeness (QED) is 0.418. The van der Waals surface area contributed by atoms with Crippen molar-refractivity contribution in [1.82, 2.24) is 25.3 Å². The highest BCUT2D eigenvalue weighted by atomic mass is 15.0. The molecule has 5 nitrogen and oxygen atoms in total. The number of nitrogens with zero attached hydrogens (tertiary/aromatic N) is 2. The van der Waals surface area contributed by atoms with Gasteiger partial charge in [0.2, 0.25) is 0 Å². The van der Waals surface area contributed by atoms with Crippen molar-refractivity contribution in [3.8, 4) is 22.4 Å². The Bertz CT molecular complexity index is 1170. The molecule has 4 aromatic rings. The molecule has 5 rings (SSSR count). The number of nitrogens with one attached hydrogen (secondary N) is 3. The van der Waals surface area contributed by atoms with Gasteiger partial charge in [0.15, 0.2) is 0 Å². The fourth-order valence-electron chi connectivity index (χ4n) is 4.22. The molecule has 0 spiro atoms. The SMILES string of the molecule is CCCNCc1nc2ccc(-c3ccc4c(c3)CCc3[nH]c(CC)nc3-4)cc2[nH]1. The number of aryl methyl sites for hydroxylation is 3. The minimum absolute atomic E-state index is 0.780. The zero-order chi connectivity index (χ0) is 19.8. The molecule has 0 saturated carbocycles. The van der Waals surface area contributed by atoms with Crippen LogP contribution >= 0.6 is 0 Å². The lowest BCUT2D eigenvalue weighted by Crippen LogP contribution is -2.14. The van der Waals surface area contributed by atoms with E-state index in [1.807, 2.05) is 0 Å². The number of aromatic amines is 2. The van der Waals surface area contributed by atoms with Crippen molar-refractivity contribution in [2.24, 2.45) is 0 Å². The van der Waals surface area contributed by atoms with Crippen LogP contribution < -0.4 is 5.32 Å². The van der Waals surface area contributed by atoms with Crippen molar-refractivity contribution in [2.45, 2.75) is 46.1 Å². The van der Waals surface area contributed by atoms with Gasteiger partial charge < -0.3 is 15.3 Å². The summed E-state index contributed by atoms with van der Waals surface area (Å²) in [5.74, 6) is 2.08. The van der Waals surface area contributed by atoms with E-state index < -0.39 is 0 Å². The summed E-state index contributed by atoms with van der Waals surface area (Å²) >= 11 is 0. The summed E-state index contributed by atoms with van der Waals surface area (Å²) in [4.78, 5) is 16.5. The Hall–Kier alpha value is -2.92. The largest absolute Gasteiger partial charge is 0.345 e. The number of aromatic nitrogens is 4. The summed E-state index contributed by atoms with van der Waals surface area (Å²) in [6, 6.07) is 13.3. The van der Waals surface area contributed by atoms with Gasteiger partial charge in [-0.05, 0) is 54.6 Å². The average Bonchev–Trinajstić information content (AvgIpc) is 3.36. The number of imidazole rings is 2. The Balaban J connectivity index is 1.46. The van der Waals surface area contributed by atoms with Crippen LogP contribution in [0, 0.1) is 0 Å². The van der Waals surface area contributed by atoms with E-state index in [1.54, 1.807) is 0 Å². The Morgan fingerprint density at radius 1 is 0.931 bits per heavy atom. The van der Waals surface area contributed by atoms with Crippen molar-refractivity contribution >= 4 is 11.0 Å². The number of hydrogen-bond acceptors (Lipinski definition) is 3. The molecule has 0 atom stereocenters. The summed E-state index contributed by atoms with van der Waals surface area (Å²) < 4.78 is 0. The van der Waals surface area contributed by atoms with E-state index in [-0.39, 0.29) is 0 Å². The molecule has 0 aliphatic heterocycles. The molecule has 5 heteroatoms. The number of fused-ring (bicyclic) bond motifs is 4. The van der Waals surface area contributed by atoms with Gasteiger partial charge in [-0.1, -0.05) is 38.1 Å². The molecule has 0 amide bonds. The summed E-state index contributed by atoms with van der Waals surface area (Å²) in [5.41, 5.74) is 9.67. The van der Waals surface area contributed by atoms with Gasteiger partial charge in [-0.15, -0.1) is 0 Å². The third-order valence-corrected chi connectivity index (χ3v) is 5.75. The first-order chi connectivity index (χ1) is 14.2. The van der Waals surface area contributed by atoms with Crippen LogP contribution in [0.4, 0.5) is 0 Å². The van der Waals surface area contributed by atoms with Gasteiger partial charge >= 0.3 is 0 Å². The van der Waals surface area contributed by atoms with Gasteiger partial charge in [0.1, 0.15) is 11.6 Å². The molecule has 1 aliphatic carbocycles. The van der Waals surface area contributed by atoms with Crippen LogP contribution in [0.2, 0.25) is 0 Å². The lowest BCUT2D eigenvalue weighted by molar-refractivity contribution is 0.656. The van der Waals surface area contributed by atoms with Crippen LogP contribution in [0.1, 0.15) is 43.2 Å². The van der Waals surface area contributed by atoms with Crippen molar-refractivity contribution < 1.29 is 0 Å². The molecule has 0 bridgehead atoms. The lowest BCUT2D eigenvalue weighted by Gasteiger charge is -2.16. The highest BCUT2D eigenvalue weighted by molar-refractivity contribution is 5.83.